The Morgan fingerprint density at radius 3 is 2.45 bits per heavy atom. The van der Waals surface area contributed by atoms with Gasteiger partial charge in [-0.1, -0.05) is 36.4 Å². The summed E-state index contributed by atoms with van der Waals surface area (Å²) in [7, 11) is 3.20. The molecule has 4 aromatic rings. The number of carbonyl (C=O) groups excluding carboxylic acids is 1. The van der Waals surface area contributed by atoms with Crippen molar-refractivity contribution in [2.45, 2.75) is 13.0 Å². The van der Waals surface area contributed by atoms with Crippen molar-refractivity contribution in [1.29, 1.82) is 0 Å². The number of nitrogens with one attached hydrogen (secondary N) is 2. The van der Waals surface area contributed by atoms with Gasteiger partial charge in [-0.25, -0.2) is 4.98 Å². The summed E-state index contributed by atoms with van der Waals surface area (Å²) >= 11 is 0. The normalized spacial score (nSPS) is 15.1. The number of fused-ring (bicyclic) bond motifs is 3. The van der Waals surface area contributed by atoms with E-state index in [0.29, 0.717) is 23.0 Å². The van der Waals surface area contributed by atoms with Crippen LogP contribution in [0.3, 0.4) is 0 Å². The second kappa shape index (κ2) is 8.35. The van der Waals surface area contributed by atoms with Crippen LogP contribution in [-0.2, 0) is 4.79 Å². The standard InChI is InChI=1S/C26H24N4O3/c1-16-23(25(31)27-18-9-5-4-6-10-18)24(17-13-14-21(32-2)22(15-17)33-3)29-26-28-19-11-7-8-12-20(19)30(16)26/h4-15,24H,1-3H3,(H,27,31)(H,28,29). The van der Waals surface area contributed by atoms with Crippen molar-refractivity contribution < 1.29 is 14.3 Å². The second-order valence-electron chi connectivity index (χ2n) is 7.77. The third kappa shape index (κ3) is 3.57. The Morgan fingerprint density at radius 2 is 1.70 bits per heavy atom. The zero-order valence-electron chi connectivity index (χ0n) is 18.6. The lowest BCUT2D eigenvalue weighted by atomic mass is 9.94. The summed E-state index contributed by atoms with van der Waals surface area (Å²) in [5, 5.41) is 6.51. The molecule has 0 aliphatic carbocycles. The van der Waals surface area contributed by atoms with Crippen LogP contribution >= 0.6 is 0 Å². The first-order valence-electron chi connectivity index (χ1n) is 10.6. The lowest BCUT2D eigenvalue weighted by Gasteiger charge is -2.30. The van der Waals surface area contributed by atoms with Crippen LogP contribution < -0.4 is 20.1 Å². The van der Waals surface area contributed by atoms with E-state index in [-0.39, 0.29) is 5.91 Å². The molecule has 5 rings (SSSR count). The number of carbonyl (C=O) groups is 1. The first-order chi connectivity index (χ1) is 16.1. The van der Waals surface area contributed by atoms with Gasteiger partial charge in [-0.05, 0) is 48.9 Å². The molecule has 1 aliphatic rings. The second-order valence-corrected chi connectivity index (χ2v) is 7.77. The molecule has 2 N–H and O–H groups in total. The highest BCUT2D eigenvalue weighted by Gasteiger charge is 2.33. The molecule has 0 saturated heterocycles. The molecule has 0 bridgehead atoms. The number of ether oxygens (including phenoxy) is 2. The van der Waals surface area contributed by atoms with Crippen molar-refractivity contribution in [2.24, 2.45) is 0 Å². The molecule has 1 aromatic heterocycles. The van der Waals surface area contributed by atoms with Crippen molar-refractivity contribution >= 4 is 34.3 Å². The number of amides is 1. The Kier molecular flexibility index (Phi) is 5.22. The van der Waals surface area contributed by atoms with Crippen molar-refractivity contribution in [2.75, 3.05) is 24.9 Å². The van der Waals surface area contributed by atoms with Crippen LogP contribution in [0.1, 0.15) is 18.5 Å². The van der Waals surface area contributed by atoms with Crippen LogP contribution in [0.2, 0.25) is 0 Å². The van der Waals surface area contributed by atoms with Crippen LogP contribution in [0, 0.1) is 0 Å². The highest BCUT2D eigenvalue weighted by Crippen LogP contribution is 2.40. The van der Waals surface area contributed by atoms with E-state index >= 15 is 0 Å². The van der Waals surface area contributed by atoms with E-state index in [2.05, 4.69) is 10.6 Å². The Hall–Kier alpha value is -4.26. The molecule has 1 atom stereocenters. The summed E-state index contributed by atoms with van der Waals surface area (Å²) in [5.74, 6) is 1.72. The number of methoxy groups -OCH3 is 2. The summed E-state index contributed by atoms with van der Waals surface area (Å²) in [6.45, 7) is 1.95. The molecule has 0 fully saturated rings. The third-order valence-electron chi connectivity index (χ3n) is 5.87. The van der Waals surface area contributed by atoms with E-state index in [1.54, 1.807) is 14.2 Å². The molecule has 7 nitrogen and oxygen atoms in total. The molecule has 1 unspecified atom stereocenters. The fourth-order valence-corrected chi connectivity index (χ4v) is 4.29. The molecular formula is C26H24N4O3. The van der Waals surface area contributed by atoms with E-state index in [4.69, 9.17) is 14.5 Å². The smallest absolute Gasteiger partial charge is 0.255 e. The number of benzene rings is 3. The number of rotatable bonds is 5. The van der Waals surface area contributed by atoms with Crippen LogP contribution in [0.15, 0.2) is 78.4 Å². The maximum absolute atomic E-state index is 13.6. The average molecular weight is 441 g/mol. The van der Waals surface area contributed by atoms with E-state index in [0.717, 1.165) is 28.0 Å². The molecule has 166 valence electrons. The minimum atomic E-state index is -0.433. The molecular weight excluding hydrogens is 416 g/mol. The highest BCUT2D eigenvalue weighted by atomic mass is 16.5. The van der Waals surface area contributed by atoms with Gasteiger partial charge < -0.3 is 20.1 Å². The van der Waals surface area contributed by atoms with Gasteiger partial charge in [0.2, 0.25) is 5.95 Å². The zero-order chi connectivity index (χ0) is 22.9. The molecule has 2 heterocycles. The van der Waals surface area contributed by atoms with Gasteiger partial charge >= 0.3 is 0 Å². The van der Waals surface area contributed by atoms with E-state index in [9.17, 15) is 4.79 Å². The van der Waals surface area contributed by atoms with Crippen LogP contribution in [-0.4, -0.2) is 29.7 Å². The maximum Gasteiger partial charge on any atom is 0.255 e. The largest absolute Gasteiger partial charge is 0.493 e. The third-order valence-corrected chi connectivity index (χ3v) is 5.87. The Labute approximate surface area is 191 Å². The first-order valence-corrected chi connectivity index (χ1v) is 10.6. The molecule has 1 amide bonds. The molecule has 33 heavy (non-hydrogen) atoms. The van der Waals surface area contributed by atoms with Crippen LogP contribution in [0.5, 0.6) is 11.5 Å². The van der Waals surface area contributed by atoms with Crippen LogP contribution in [0.4, 0.5) is 11.6 Å². The van der Waals surface area contributed by atoms with E-state index < -0.39 is 6.04 Å². The Morgan fingerprint density at radius 1 is 0.970 bits per heavy atom. The van der Waals surface area contributed by atoms with Gasteiger partial charge in [0.05, 0.1) is 36.9 Å². The first kappa shape index (κ1) is 20.6. The van der Waals surface area contributed by atoms with Gasteiger partial charge in [0.25, 0.3) is 5.91 Å². The Balaban J connectivity index is 1.66. The maximum atomic E-state index is 13.6. The Bertz CT molecular complexity index is 1380. The van der Waals surface area contributed by atoms with Crippen molar-refractivity contribution in [1.82, 2.24) is 9.55 Å². The lowest BCUT2D eigenvalue weighted by Crippen LogP contribution is -2.30. The fourth-order valence-electron chi connectivity index (χ4n) is 4.29. The molecule has 1 aliphatic heterocycles. The van der Waals surface area contributed by atoms with E-state index in [1.807, 2.05) is 84.3 Å². The number of hydrogen-bond donors (Lipinski definition) is 2. The molecule has 0 radical (unpaired) electrons. The topological polar surface area (TPSA) is 77.4 Å². The van der Waals surface area contributed by atoms with Crippen molar-refractivity contribution in [3.63, 3.8) is 0 Å². The number of hydrogen-bond acceptors (Lipinski definition) is 5. The zero-order valence-corrected chi connectivity index (χ0v) is 18.6. The summed E-state index contributed by atoms with van der Waals surface area (Å²) in [4.78, 5) is 18.4. The number of imidazole rings is 1. The number of para-hydroxylation sites is 3. The molecule has 0 saturated carbocycles. The summed E-state index contributed by atoms with van der Waals surface area (Å²) in [5.41, 5.74) is 4.80. The van der Waals surface area contributed by atoms with Gasteiger partial charge in [0.1, 0.15) is 0 Å². The van der Waals surface area contributed by atoms with Gasteiger partial charge in [-0.2, -0.15) is 0 Å². The molecule has 0 spiro atoms. The minimum absolute atomic E-state index is 0.186. The molecule has 7 heteroatoms. The number of nitrogens with zero attached hydrogens (tertiary/aromatic N) is 2. The molecule has 3 aromatic carbocycles. The minimum Gasteiger partial charge on any atom is -0.493 e. The number of allylic oxidation sites excluding steroid dienone is 1. The summed E-state index contributed by atoms with van der Waals surface area (Å²) < 4.78 is 12.9. The van der Waals surface area contributed by atoms with Crippen LogP contribution in [0.25, 0.3) is 16.7 Å². The van der Waals surface area contributed by atoms with Gasteiger partial charge in [-0.3, -0.25) is 9.36 Å². The predicted octanol–water partition coefficient (Wildman–Crippen LogP) is 5.09. The number of aromatic nitrogens is 2. The number of anilines is 2. The SMILES string of the molecule is COc1ccc(C2Nc3nc4ccccc4n3C(C)=C2C(=O)Nc2ccccc2)cc1OC. The van der Waals surface area contributed by atoms with E-state index in [1.165, 1.54) is 0 Å². The van der Waals surface area contributed by atoms with Crippen molar-refractivity contribution in [3.05, 3.63) is 83.9 Å². The highest BCUT2D eigenvalue weighted by molar-refractivity contribution is 6.10. The van der Waals surface area contributed by atoms with Gasteiger partial charge in [0, 0.05) is 11.4 Å². The lowest BCUT2D eigenvalue weighted by molar-refractivity contribution is -0.113. The van der Waals surface area contributed by atoms with Gasteiger partial charge in [-0.15, -0.1) is 0 Å². The average Bonchev–Trinajstić information content (AvgIpc) is 3.22. The monoisotopic (exact) mass is 440 g/mol. The quantitative estimate of drug-likeness (QED) is 0.452. The fraction of sp³-hybridized carbons (Fsp3) is 0.154. The summed E-state index contributed by atoms with van der Waals surface area (Å²) in [6.07, 6.45) is 0. The van der Waals surface area contributed by atoms with Gasteiger partial charge in [0.15, 0.2) is 11.5 Å². The predicted molar refractivity (Wildman–Crippen MR) is 130 cm³/mol. The van der Waals surface area contributed by atoms with Crippen molar-refractivity contribution in [3.8, 4) is 11.5 Å². The summed E-state index contributed by atoms with van der Waals surface area (Å²) in [6, 6.07) is 22.5.